The van der Waals surface area contributed by atoms with Crippen molar-refractivity contribution in [3.8, 4) is 5.88 Å². The normalized spacial score (nSPS) is 18.9. The second kappa shape index (κ2) is 7.63. The van der Waals surface area contributed by atoms with Gasteiger partial charge in [-0.15, -0.1) is 0 Å². The molecule has 5 nitrogen and oxygen atoms in total. The van der Waals surface area contributed by atoms with E-state index in [2.05, 4.69) is 26.9 Å². The molecule has 1 fully saturated rings. The SMILES string of the molecule is CCN1CCC[C@H]1CNC(=O)c1cccnc1OCC(F)(F)F. The van der Waals surface area contributed by atoms with Crippen LogP contribution in [0.15, 0.2) is 18.3 Å². The molecule has 1 N–H and O–H groups in total. The molecule has 0 aromatic carbocycles. The molecule has 0 radical (unpaired) electrons. The van der Waals surface area contributed by atoms with Crippen LogP contribution in [0, 0.1) is 0 Å². The van der Waals surface area contributed by atoms with Crippen molar-refractivity contribution in [3.05, 3.63) is 23.9 Å². The highest BCUT2D eigenvalue weighted by Gasteiger charge is 2.30. The van der Waals surface area contributed by atoms with Gasteiger partial charge in [0.25, 0.3) is 5.91 Å². The number of aromatic nitrogens is 1. The summed E-state index contributed by atoms with van der Waals surface area (Å²) in [7, 11) is 0. The number of amides is 1. The zero-order valence-corrected chi connectivity index (χ0v) is 12.9. The lowest BCUT2D eigenvalue weighted by atomic mass is 10.2. The number of carbonyl (C=O) groups is 1. The third-order valence-electron chi connectivity index (χ3n) is 3.79. The number of hydrogen-bond donors (Lipinski definition) is 1. The third kappa shape index (κ3) is 5.09. The lowest BCUT2D eigenvalue weighted by molar-refractivity contribution is -0.154. The molecule has 1 amide bonds. The van der Waals surface area contributed by atoms with Gasteiger partial charge in [-0.2, -0.15) is 13.2 Å². The Labute approximate surface area is 132 Å². The van der Waals surface area contributed by atoms with Crippen molar-refractivity contribution in [3.63, 3.8) is 0 Å². The smallest absolute Gasteiger partial charge is 0.422 e. The first kappa shape index (κ1) is 17.5. The topological polar surface area (TPSA) is 54.5 Å². The highest BCUT2D eigenvalue weighted by Crippen LogP contribution is 2.20. The third-order valence-corrected chi connectivity index (χ3v) is 3.79. The maximum Gasteiger partial charge on any atom is 0.422 e. The van der Waals surface area contributed by atoms with E-state index in [1.807, 2.05) is 0 Å². The quantitative estimate of drug-likeness (QED) is 0.869. The summed E-state index contributed by atoms with van der Waals surface area (Å²) in [6, 6.07) is 3.16. The van der Waals surface area contributed by atoms with E-state index in [0.29, 0.717) is 6.54 Å². The number of hydrogen-bond acceptors (Lipinski definition) is 4. The largest absolute Gasteiger partial charge is 0.467 e. The molecule has 0 aliphatic carbocycles. The zero-order chi connectivity index (χ0) is 16.9. The number of ether oxygens (including phenoxy) is 1. The van der Waals surface area contributed by atoms with E-state index in [1.54, 1.807) is 0 Å². The molecule has 0 spiro atoms. The Morgan fingerprint density at radius 2 is 2.30 bits per heavy atom. The molecular weight excluding hydrogens is 311 g/mol. The molecule has 2 rings (SSSR count). The van der Waals surface area contributed by atoms with Gasteiger partial charge in [0.05, 0.1) is 0 Å². The number of pyridine rings is 1. The van der Waals surface area contributed by atoms with Crippen molar-refractivity contribution in [1.82, 2.24) is 15.2 Å². The molecule has 1 atom stereocenters. The molecule has 1 saturated heterocycles. The van der Waals surface area contributed by atoms with Crippen molar-refractivity contribution in [2.45, 2.75) is 32.0 Å². The minimum absolute atomic E-state index is 0.0118. The van der Waals surface area contributed by atoms with Crippen molar-refractivity contribution < 1.29 is 22.7 Å². The Bertz CT molecular complexity index is 537. The average molecular weight is 331 g/mol. The van der Waals surface area contributed by atoms with Gasteiger partial charge in [0, 0.05) is 18.8 Å². The van der Waals surface area contributed by atoms with Gasteiger partial charge in [-0.3, -0.25) is 9.69 Å². The molecule has 0 unspecified atom stereocenters. The lowest BCUT2D eigenvalue weighted by Crippen LogP contribution is -2.40. The maximum atomic E-state index is 12.2. The number of carbonyl (C=O) groups excluding carboxylic acids is 1. The fourth-order valence-corrected chi connectivity index (χ4v) is 2.68. The molecule has 23 heavy (non-hydrogen) atoms. The molecule has 1 aliphatic heterocycles. The molecule has 1 aromatic heterocycles. The van der Waals surface area contributed by atoms with Crippen LogP contribution >= 0.6 is 0 Å². The lowest BCUT2D eigenvalue weighted by Gasteiger charge is -2.23. The van der Waals surface area contributed by atoms with E-state index < -0.39 is 18.7 Å². The Morgan fingerprint density at radius 1 is 1.52 bits per heavy atom. The van der Waals surface area contributed by atoms with Crippen molar-refractivity contribution >= 4 is 5.91 Å². The van der Waals surface area contributed by atoms with Crippen LogP contribution in [0.4, 0.5) is 13.2 Å². The van der Waals surface area contributed by atoms with E-state index >= 15 is 0 Å². The molecule has 1 aromatic rings. The van der Waals surface area contributed by atoms with Gasteiger partial charge in [0.2, 0.25) is 5.88 Å². The van der Waals surface area contributed by atoms with E-state index in [0.717, 1.165) is 25.9 Å². The van der Waals surface area contributed by atoms with Crippen LogP contribution in [0.3, 0.4) is 0 Å². The monoisotopic (exact) mass is 331 g/mol. The highest BCUT2D eigenvalue weighted by molar-refractivity contribution is 5.96. The van der Waals surface area contributed by atoms with Gasteiger partial charge in [0.1, 0.15) is 5.56 Å². The fraction of sp³-hybridized carbons (Fsp3) is 0.600. The molecule has 8 heteroatoms. The van der Waals surface area contributed by atoms with Gasteiger partial charge in [-0.25, -0.2) is 4.98 Å². The Kier molecular flexibility index (Phi) is 5.81. The highest BCUT2D eigenvalue weighted by atomic mass is 19.4. The van der Waals surface area contributed by atoms with Crippen molar-refractivity contribution in [2.24, 2.45) is 0 Å². The second-order valence-corrected chi connectivity index (χ2v) is 5.39. The zero-order valence-electron chi connectivity index (χ0n) is 12.9. The number of likely N-dealkylation sites (N-methyl/N-ethyl adjacent to an activating group) is 1. The standard InChI is InChI=1S/C15H20F3N3O2/c1-2-21-8-4-5-11(21)9-20-13(22)12-6-3-7-19-14(12)23-10-15(16,17)18/h3,6-7,11H,2,4-5,8-10H2,1H3,(H,20,22)/t11-/m0/s1. The Hall–Kier alpha value is -1.83. The van der Waals surface area contributed by atoms with Gasteiger partial charge in [0.15, 0.2) is 6.61 Å². The summed E-state index contributed by atoms with van der Waals surface area (Å²) in [5, 5.41) is 2.76. The summed E-state index contributed by atoms with van der Waals surface area (Å²) >= 11 is 0. The molecular formula is C15H20F3N3O2. The van der Waals surface area contributed by atoms with Crippen LogP contribution in [0.1, 0.15) is 30.1 Å². The number of alkyl halides is 3. The fourth-order valence-electron chi connectivity index (χ4n) is 2.68. The van der Waals surface area contributed by atoms with Crippen molar-refractivity contribution in [2.75, 3.05) is 26.2 Å². The second-order valence-electron chi connectivity index (χ2n) is 5.39. The van der Waals surface area contributed by atoms with Crippen LogP contribution in [0.5, 0.6) is 5.88 Å². The molecule has 128 valence electrons. The number of nitrogens with zero attached hydrogens (tertiary/aromatic N) is 2. The first-order valence-electron chi connectivity index (χ1n) is 7.57. The van der Waals surface area contributed by atoms with Crippen LogP contribution in [-0.2, 0) is 0 Å². The van der Waals surface area contributed by atoms with Gasteiger partial charge in [-0.05, 0) is 38.1 Å². The van der Waals surface area contributed by atoms with Gasteiger partial charge < -0.3 is 10.1 Å². The first-order valence-corrected chi connectivity index (χ1v) is 7.57. The first-order chi connectivity index (χ1) is 10.9. The molecule has 1 aliphatic rings. The van der Waals surface area contributed by atoms with Gasteiger partial charge in [-0.1, -0.05) is 6.92 Å². The van der Waals surface area contributed by atoms with Crippen LogP contribution < -0.4 is 10.1 Å². The van der Waals surface area contributed by atoms with Crippen LogP contribution in [-0.4, -0.2) is 54.3 Å². The number of likely N-dealkylation sites (tertiary alicyclic amines) is 1. The summed E-state index contributed by atoms with van der Waals surface area (Å²) in [6.07, 6.45) is -1.10. The van der Waals surface area contributed by atoms with E-state index in [4.69, 9.17) is 0 Å². The van der Waals surface area contributed by atoms with Crippen LogP contribution in [0.25, 0.3) is 0 Å². The minimum Gasteiger partial charge on any atom is -0.467 e. The molecule has 0 saturated carbocycles. The molecule has 2 heterocycles. The van der Waals surface area contributed by atoms with E-state index in [-0.39, 0.29) is 17.5 Å². The summed E-state index contributed by atoms with van der Waals surface area (Å²) < 4.78 is 41.4. The summed E-state index contributed by atoms with van der Waals surface area (Å²) in [5.41, 5.74) is 0.0118. The Balaban J connectivity index is 1.96. The maximum absolute atomic E-state index is 12.2. The van der Waals surface area contributed by atoms with Crippen LogP contribution in [0.2, 0.25) is 0 Å². The van der Waals surface area contributed by atoms with E-state index in [1.165, 1.54) is 18.3 Å². The summed E-state index contributed by atoms with van der Waals surface area (Å²) in [5.74, 6) is -0.778. The van der Waals surface area contributed by atoms with Gasteiger partial charge >= 0.3 is 6.18 Å². The van der Waals surface area contributed by atoms with Crippen molar-refractivity contribution in [1.29, 1.82) is 0 Å². The Morgan fingerprint density at radius 3 is 3.00 bits per heavy atom. The van der Waals surface area contributed by atoms with E-state index in [9.17, 15) is 18.0 Å². The number of nitrogens with one attached hydrogen (secondary N) is 1. The number of halogens is 3. The summed E-state index contributed by atoms with van der Waals surface area (Å²) in [6.45, 7) is 2.96. The molecule has 0 bridgehead atoms. The summed E-state index contributed by atoms with van der Waals surface area (Å²) in [4.78, 5) is 18.2. The average Bonchev–Trinajstić information content (AvgIpc) is 2.97. The number of rotatable bonds is 6. The minimum atomic E-state index is -4.48. The predicted molar refractivity (Wildman–Crippen MR) is 78.4 cm³/mol. The predicted octanol–water partition coefficient (Wildman–Crippen LogP) is 2.24.